The maximum atomic E-state index is 12.9. The van der Waals surface area contributed by atoms with Gasteiger partial charge in [-0.15, -0.1) is 0 Å². The summed E-state index contributed by atoms with van der Waals surface area (Å²) in [6.45, 7) is 0. The molecule has 1 aromatic heterocycles. The highest BCUT2D eigenvalue weighted by Gasteiger charge is 2.39. The Kier molecular flexibility index (Phi) is 7.03. The van der Waals surface area contributed by atoms with Gasteiger partial charge in [0.15, 0.2) is 6.29 Å². The molecular formula is C18H17Cl2F3N2O. The van der Waals surface area contributed by atoms with E-state index in [-0.39, 0.29) is 22.1 Å². The van der Waals surface area contributed by atoms with Crippen LogP contribution in [-0.2, 0) is 6.18 Å². The molecule has 1 N–H and O–H groups in total. The first-order valence-electron chi connectivity index (χ1n) is 7.87. The summed E-state index contributed by atoms with van der Waals surface area (Å²) in [6, 6.07) is 7.45. The van der Waals surface area contributed by atoms with Crippen molar-refractivity contribution >= 4 is 29.5 Å². The highest BCUT2D eigenvalue weighted by atomic mass is 35.5. The van der Waals surface area contributed by atoms with Gasteiger partial charge in [0.25, 0.3) is 0 Å². The lowest BCUT2D eigenvalue weighted by atomic mass is 9.73. The van der Waals surface area contributed by atoms with E-state index in [9.17, 15) is 18.0 Å². The largest absolute Gasteiger partial charge is 0.416 e. The summed E-state index contributed by atoms with van der Waals surface area (Å²) < 4.78 is 38.7. The lowest BCUT2D eigenvalue weighted by molar-refractivity contribution is -0.138. The van der Waals surface area contributed by atoms with Gasteiger partial charge in [-0.1, -0.05) is 29.3 Å². The Bertz CT molecular complexity index is 766. The SMILES string of the molecule is CN[C@@H]1CC[C@@H]1c1ccc(Cl)cc1C(F)(F)F.O=Cc1cccnc1Cl. The number of aldehydes is 1. The number of nitrogens with one attached hydrogen (secondary N) is 1. The van der Waals surface area contributed by atoms with Crippen LogP contribution in [0, 0.1) is 0 Å². The van der Waals surface area contributed by atoms with Crippen LogP contribution >= 0.6 is 23.2 Å². The molecule has 26 heavy (non-hydrogen) atoms. The van der Waals surface area contributed by atoms with Gasteiger partial charge in [0.05, 0.1) is 11.1 Å². The van der Waals surface area contributed by atoms with E-state index in [0.717, 1.165) is 18.9 Å². The summed E-state index contributed by atoms with van der Waals surface area (Å²) in [5.74, 6) is -0.0612. The van der Waals surface area contributed by atoms with Crippen LogP contribution in [0.15, 0.2) is 36.5 Å². The molecule has 1 fully saturated rings. The molecule has 3 rings (SSSR count). The molecule has 0 aliphatic heterocycles. The number of halogens is 5. The minimum Gasteiger partial charge on any atom is -0.316 e. The fourth-order valence-electron chi connectivity index (χ4n) is 2.80. The van der Waals surface area contributed by atoms with E-state index in [1.807, 2.05) is 0 Å². The van der Waals surface area contributed by atoms with Crippen molar-refractivity contribution in [3.05, 3.63) is 63.4 Å². The first-order chi connectivity index (χ1) is 12.3. The zero-order chi connectivity index (χ0) is 19.3. The normalized spacial score (nSPS) is 19.2. The van der Waals surface area contributed by atoms with E-state index in [2.05, 4.69) is 10.3 Å². The second-order valence-corrected chi connectivity index (χ2v) is 6.60. The number of rotatable bonds is 3. The second-order valence-electron chi connectivity index (χ2n) is 5.81. The molecule has 1 aliphatic rings. The number of alkyl halides is 3. The first kappa shape index (κ1) is 20.7. The Balaban J connectivity index is 0.000000228. The molecule has 0 bridgehead atoms. The third kappa shape index (κ3) is 4.96. The van der Waals surface area contributed by atoms with Crippen molar-refractivity contribution in [1.29, 1.82) is 0 Å². The van der Waals surface area contributed by atoms with Gasteiger partial charge in [-0.2, -0.15) is 13.2 Å². The summed E-state index contributed by atoms with van der Waals surface area (Å²) in [4.78, 5) is 13.8. The smallest absolute Gasteiger partial charge is 0.316 e. The lowest BCUT2D eigenvalue weighted by Crippen LogP contribution is -2.40. The monoisotopic (exact) mass is 404 g/mol. The van der Waals surface area contributed by atoms with Gasteiger partial charge >= 0.3 is 6.18 Å². The van der Waals surface area contributed by atoms with Crippen molar-refractivity contribution < 1.29 is 18.0 Å². The Labute approximate surface area is 159 Å². The van der Waals surface area contributed by atoms with E-state index in [4.69, 9.17) is 23.2 Å². The zero-order valence-electron chi connectivity index (χ0n) is 13.9. The highest BCUT2D eigenvalue weighted by Crippen LogP contribution is 2.43. The van der Waals surface area contributed by atoms with Crippen LogP contribution in [0.1, 0.15) is 40.2 Å². The molecule has 3 nitrogen and oxygen atoms in total. The summed E-state index contributed by atoms with van der Waals surface area (Å²) >= 11 is 11.1. The number of carbonyl (C=O) groups is 1. The fraction of sp³-hybridized carbons (Fsp3) is 0.333. The van der Waals surface area contributed by atoms with Crippen LogP contribution < -0.4 is 5.32 Å². The van der Waals surface area contributed by atoms with Crippen molar-refractivity contribution in [2.45, 2.75) is 31.0 Å². The maximum absolute atomic E-state index is 12.9. The molecule has 0 unspecified atom stereocenters. The highest BCUT2D eigenvalue weighted by molar-refractivity contribution is 6.31. The van der Waals surface area contributed by atoms with E-state index < -0.39 is 11.7 Å². The molecule has 0 amide bonds. The molecule has 1 saturated carbocycles. The van der Waals surface area contributed by atoms with Crippen molar-refractivity contribution in [1.82, 2.24) is 10.3 Å². The molecular weight excluding hydrogens is 388 g/mol. The van der Waals surface area contributed by atoms with Gasteiger partial charge in [0.2, 0.25) is 0 Å². The lowest BCUT2D eigenvalue weighted by Gasteiger charge is -2.38. The van der Waals surface area contributed by atoms with Gasteiger partial charge in [-0.3, -0.25) is 4.79 Å². The van der Waals surface area contributed by atoms with Crippen molar-refractivity contribution in [3.63, 3.8) is 0 Å². The van der Waals surface area contributed by atoms with Gasteiger partial charge in [0.1, 0.15) is 5.15 Å². The van der Waals surface area contributed by atoms with E-state index >= 15 is 0 Å². The minimum atomic E-state index is -4.34. The first-order valence-corrected chi connectivity index (χ1v) is 8.63. The average Bonchev–Trinajstić information content (AvgIpc) is 2.56. The predicted molar refractivity (Wildman–Crippen MR) is 95.9 cm³/mol. The average molecular weight is 405 g/mol. The van der Waals surface area contributed by atoms with Crippen LogP contribution in [-0.4, -0.2) is 24.4 Å². The topological polar surface area (TPSA) is 42.0 Å². The number of aromatic nitrogens is 1. The number of pyridine rings is 1. The molecule has 2 aromatic rings. The predicted octanol–water partition coefficient (Wildman–Crippen LogP) is 5.37. The Morgan fingerprint density at radius 2 is 1.96 bits per heavy atom. The Morgan fingerprint density at radius 3 is 2.42 bits per heavy atom. The van der Waals surface area contributed by atoms with E-state index in [1.54, 1.807) is 19.2 Å². The Morgan fingerprint density at radius 1 is 1.23 bits per heavy atom. The van der Waals surface area contributed by atoms with Gasteiger partial charge in [-0.05, 0) is 55.6 Å². The summed E-state index contributed by atoms with van der Waals surface area (Å²) in [5.41, 5.74) is 0.182. The number of hydrogen-bond donors (Lipinski definition) is 1. The number of hydrogen-bond acceptors (Lipinski definition) is 3. The standard InChI is InChI=1S/C12H13ClF3N.C6H4ClNO/c1-17-11-5-4-9(11)8-3-2-7(13)6-10(8)12(14,15)16;7-6-5(4-9)2-1-3-8-6/h2-3,6,9,11,17H,4-5H2,1H3;1-4H/t9-,11-;/m1./s1. The molecule has 0 radical (unpaired) electrons. The molecule has 140 valence electrons. The molecule has 1 aliphatic carbocycles. The molecule has 8 heteroatoms. The maximum Gasteiger partial charge on any atom is 0.416 e. The van der Waals surface area contributed by atoms with Crippen LogP contribution in [0.25, 0.3) is 0 Å². The molecule has 0 saturated heterocycles. The van der Waals surface area contributed by atoms with Crippen molar-refractivity contribution in [3.8, 4) is 0 Å². The molecule has 0 spiro atoms. The van der Waals surface area contributed by atoms with Gasteiger partial charge in [-0.25, -0.2) is 4.98 Å². The quantitative estimate of drug-likeness (QED) is 0.552. The van der Waals surface area contributed by atoms with Crippen LogP contribution in [0.5, 0.6) is 0 Å². The second kappa shape index (κ2) is 8.84. The number of carbonyl (C=O) groups excluding carboxylic acids is 1. The molecule has 2 atom stereocenters. The van der Waals surface area contributed by atoms with E-state index in [0.29, 0.717) is 17.4 Å². The summed E-state index contributed by atoms with van der Waals surface area (Å²) in [6.07, 6.45) is -0.421. The summed E-state index contributed by atoms with van der Waals surface area (Å²) in [7, 11) is 1.78. The zero-order valence-corrected chi connectivity index (χ0v) is 15.4. The Hall–Kier alpha value is -1.63. The van der Waals surface area contributed by atoms with Crippen LogP contribution in [0.4, 0.5) is 13.2 Å². The van der Waals surface area contributed by atoms with Crippen LogP contribution in [0.3, 0.4) is 0 Å². The van der Waals surface area contributed by atoms with Crippen LogP contribution in [0.2, 0.25) is 10.2 Å². The molecule has 1 aromatic carbocycles. The van der Waals surface area contributed by atoms with Gasteiger partial charge < -0.3 is 5.32 Å². The third-order valence-corrected chi connectivity index (χ3v) is 4.83. The third-order valence-electron chi connectivity index (χ3n) is 4.28. The minimum absolute atomic E-state index is 0.0612. The number of likely N-dealkylation sites (N-methyl/N-ethyl adjacent to an activating group) is 1. The van der Waals surface area contributed by atoms with Crippen molar-refractivity contribution in [2.75, 3.05) is 7.05 Å². The van der Waals surface area contributed by atoms with Gasteiger partial charge in [0, 0.05) is 17.3 Å². The molecule has 1 heterocycles. The summed E-state index contributed by atoms with van der Waals surface area (Å²) in [5, 5.41) is 3.43. The fourth-order valence-corrected chi connectivity index (χ4v) is 3.14. The number of benzene rings is 1. The number of nitrogens with zero attached hydrogens (tertiary/aromatic N) is 1. The van der Waals surface area contributed by atoms with E-state index in [1.165, 1.54) is 18.3 Å². The van der Waals surface area contributed by atoms with Crippen molar-refractivity contribution in [2.24, 2.45) is 0 Å².